The van der Waals surface area contributed by atoms with Gasteiger partial charge in [0.15, 0.2) is 5.82 Å². The van der Waals surface area contributed by atoms with Crippen molar-refractivity contribution in [3.8, 4) is 0 Å². The number of hydrogen-bond donors (Lipinski definition) is 1. The van der Waals surface area contributed by atoms with Gasteiger partial charge in [-0.05, 0) is 20.3 Å². The Morgan fingerprint density at radius 3 is 2.75 bits per heavy atom. The van der Waals surface area contributed by atoms with Crippen molar-refractivity contribution >= 4 is 0 Å². The van der Waals surface area contributed by atoms with Gasteiger partial charge in [0.2, 0.25) is 0 Å². The maximum absolute atomic E-state index is 5.25. The fourth-order valence-corrected chi connectivity index (χ4v) is 0.803. The van der Waals surface area contributed by atoms with Crippen molar-refractivity contribution in [3.05, 3.63) is 5.82 Å². The third kappa shape index (κ3) is 2.58. The largest absolute Gasteiger partial charge is 0.379 e. The highest BCUT2D eigenvalue weighted by atomic mass is 16.5. The molecule has 0 atom stereocenters. The van der Waals surface area contributed by atoms with E-state index in [2.05, 4.69) is 20.6 Å². The number of H-pyrrole nitrogens is 1. The highest BCUT2D eigenvalue weighted by molar-refractivity contribution is 4.80. The van der Waals surface area contributed by atoms with Crippen LogP contribution in [-0.4, -0.2) is 33.3 Å². The summed E-state index contributed by atoms with van der Waals surface area (Å²) in [5.74, 6) is 0.736. The Kier molecular flexibility index (Phi) is 2.75. The van der Waals surface area contributed by atoms with Crippen molar-refractivity contribution in [3.63, 3.8) is 0 Å². The second-order valence-corrected chi connectivity index (χ2v) is 3.29. The normalized spacial score (nSPS) is 11.9. The van der Waals surface area contributed by atoms with E-state index in [9.17, 15) is 0 Å². The Labute approximate surface area is 71.5 Å². The van der Waals surface area contributed by atoms with Crippen LogP contribution < -0.4 is 0 Å². The van der Waals surface area contributed by atoms with E-state index in [0.717, 1.165) is 18.7 Å². The number of methoxy groups -OCH3 is 1. The van der Waals surface area contributed by atoms with E-state index in [-0.39, 0.29) is 5.60 Å². The van der Waals surface area contributed by atoms with Crippen LogP contribution in [0.1, 0.15) is 26.1 Å². The van der Waals surface area contributed by atoms with Gasteiger partial charge in [-0.2, -0.15) is 5.21 Å². The molecule has 0 unspecified atom stereocenters. The van der Waals surface area contributed by atoms with Gasteiger partial charge in [-0.25, -0.2) is 0 Å². The zero-order valence-corrected chi connectivity index (χ0v) is 7.66. The topological polar surface area (TPSA) is 63.7 Å². The summed E-state index contributed by atoms with van der Waals surface area (Å²) in [4.78, 5) is 0. The summed E-state index contributed by atoms with van der Waals surface area (Å²) in [6.45, 7) is 4.07. The number of hydrogen-bond acceptors (Lipinski definition) is 4. The monoisotopic (exact) mass is 170 g/mol. The Morgan fingerprint density at radius 1 is 1.50 bits per heavy atom. The molecule has 0 saturated carbocycles. The first-order valence-electron chi connectivity index (χ1n) is 3.91. The first-order chi connectivity index (χ1) is 5.64. The number of aromatic nitrogens is 4. The van der Waals surface area contributed by atoms with E-state index in [1.807, 2.05) is 13.8 Å². The number of aryl methyl sites for hydroxylation is 1. The molecule has 1 heterocycles. The Bertz CT molecular complexity index is 219. The molecular weight excluding hydrogens is 156 g/mol. The molecule has 5 heteroatoms. The summed E-state index contributed by atoms with van der Waals surface area (Å²) in [6, 6.07) is 0. The smallest absolute Gasteiger partial charge is 0.174 e. The van der Waals surface area contributed by atoms with Gasteiger partial charge < -0.3 is 4.74 Å². The van der Waals surface area contributed by atoms with E-state index in [0.29, 0.717) is 0 Å². The number of nitrogens with zero attached hydrogens (tertiary/aromatic N) is 3. The standard InChI is InChI=1S/C7H14N4O/c1-7(2,12-3)5-4-6-8-10-11-9-6/h4-5H2,1-3H3,(H,8,9,10,11). The third-order valence-electron chi connectivity index (χ3n) is 1.89. The molecule has 68 valence electrons. The molecule has 0 saturated heterocycles. The SMILES string of the molecule is COC(C)(C)CCc1nn[nH]n1. The van der Waals surface area contributed by atoms with Crippen LogP contribution in [-0.2, 0) is 11.2 Å². The van der Waals surface area contributed by atoms with E-state index in [4.69, 9.17) is 4.74 Å². The summed E-state index contributed by atoms with van der Waals surface area (Å²) in [6.07, 6.45) is 1.68. The van der Waals surface area contributed by atoms with Gasteiger partial charge in [0.1, 0.15) is 0 Å². The maximum atomic E-state index is 5.25. The molecule has 0 aliphatic heterocycles. The quantitative estimate of drug-likeness (QED) is 0.717. The van der Waals surface area contributed by atoms with Gasteiger partial charge in [0, 0.05) is 13.5 Å². The Balaban J connectivity index is 2.36. The van der Waals surface area contributed by atoms with Gasteiger partial charge in [0.25, 0.3) is 0 Å². The number of aromatic amines is 1. The molecule has 0 bridgehead atoms. The van der Waals surface area contributed by atoms with Crippen molar-refractivity contribution in [1.29, 1.82) is 0 Å². The van der Waals surface area contributed by atoms with Crippen molar-refractivity contribution < 1.29 is 4.74 Å². The zero-order valence-electron chi connectivity index (χ0n) is 7.66. The van der Waals surface area contributed by atoms with Gasteiger partial charge in [0.05, 0.1) is 5.60 Å². The van der Waals surface area contributed by atoms with Crippen LogP contribution in [0.2, 0.25) is 0 Å². The van der Waals surface area contributed by atoms with Gasteiger partial charge >= 0.3 is 0 Å². The first-order valence-corrected chi connectivity index (χ1v) is 3.91. The highest BCUT2D eigenvalue weighted by Crippen LogP contribution is 2.14. The van der Waals surface area contributed by atoms with Crippen LogP contribution in [0.15, 0.2) is 0 Å². The number of ether oxygens (including phenoxy) is 1. The van der Waals surface area contributed by atoms with Crippen molar-refractivity contribution in [2.45, 2.75) is 32.3 Å². The molecule has 0 aliphatic rings. The van der Waals surface area contributed by atoms with Crippen LogP contribution in [0.25, 0.3) is 0 Å². The Morgan fingerprint density at radius 2 is 2.25 bits per heavy atom. The predicted molar refractivity (Wildman–Crippen MR) is 43.6 cm³/mol. The van der Waals surface area contributed by atoms with E-state index >= 15 is 0 Å². The minimum absolute atomic E-state index is 0.110. The fourth-order valence-electron chi connectivity index (χ4n) is 0.803. The van der Waals surface area contributed by atoms with Crippen LogP contribution in [0.4, 0.5) is 0 Å². The molecule has 0 aromatic carbocycles. The lowest BCUT2D eigenvalue weighted by Gasteiger charge is -2.21. The second kappa shape index (κ2) is 3.62. The van der Waals surface area contributed by atoms with Crippen molar-refractivity contribution in [1.82, 2.24) is 20.6 Å². The summed E-state index contributed by atoms with van der Waals surface area (Å²) >= 11 is 0. The number of tetrazole rings is 1. The number of nitrogens with one attached hydrogen (secondary N) is 1. The molecule has 0 amide bonds. The number of rotatable bonds is 4. The van der Waals surface area contributed by atoms with Gasteiger partial charge in [-0.15, -0.1) is 10.2 Å². The van der Waals surface area contributed by atoms with Crippen LogP contribution >= 0.6 is 0 Å². The summed E-state index contributed by atoms with van der Waals surface area (Å²) in [5, 5.41) is 13.6. The lowest BCUT2D eigenvalue weighted by molar-refractivity contribution is 0.0154. The predicted octanol–water partition coefficient (Wildman–Crippen LogP) is 0.557. The molecule has 1 N–H and O–H groups in total. The minimum atomic E-state index is -0.110. The third-order valence-corrected chi connectivity index (χ3v) is 1.89. The second-order valence-electron chi connectivity index (χ2n) is 3.29. The molecule has 0 spiro atoms. The van der Waals surface area contributed by atoms with Crippen LogP contribution in [0.5, 0.6) is 0 Å². The van der Waals surface area contributed by atoms with Gasteiger partial charge in [-0.3, -0.25) is 0 Å². The van der Waals surface area contributed by atoms with Crippen molar-refractivity contribution in [2.24, 2.45) is 0 Å². The molecule has 0 radical (unpaired) electrons. The maximum Gasteiger partial charge on any atom is 0.174 e. The lowest BCUT2D eigenvalue weighted by atomic mass is 10.0. The van der Waals surface area contributed by atoms with Crippen molar-refractivity contribution in [2.75, 3.05) is 7.11 Å². The van der Waals surface area contributed by atoms with Gasteiger partial charge in [-0.1, -0.05) is 5.21 Å². The molecule has 12 heavy (non-hydrogen) atoms. The lowest BCUT2D eigenvalue weighted by Crippen LogP contribution is -2.23. The molecule has 1 aromatic rings. The molecule has 1 rings (SSSR count). The fraction of sp³-hybridized carbons (Fsp3) is 0.857. The molecule has 0 fully saturated rings. The first kappa shape index (κ1) is 9.12. The molecule has 1 aromatic heterocycles. The Hall–Kier alpha value is -0.970. The summed E-state index contributed by atoms with van der Waals surface area (Å²) in [5.41, 5.74) is -0.110. The van der Waals surface area contributed by atoms with E-state index in [1.54, 1.807) is 7.11 Å². The zero-order chi connectivity index (χ0) is 9.03. The minimum Gasteiger partial charge on any atom is -0.379 e. The molecule has 0 aliphatic carbocycles. The molecular formula is C7H14N4O. The van der Waals surface area contributed by atoms with E-state index < -0.39 is 0 Å². The van der Waals surface area contributed by atoms with Crippen LogP contribution in [0, 0.1) is 0 Å². The highest BCUT2D eigenvalue weighted by Gasteiger charge is 2.16. The molecule has 5 nitrogen and oxygen atoms in total. The average Bonchev–Trinajstić information content (AvgIpc) is 2.53. The summed E-state index contributed by atoms with van der Waals surface area (Å²) in [7, 11) is 1.70. The average molecular weight is 170 g/mol. The van der Waals surface area contributed by atoms with E-state index in [1.165, 1.54) is 0 Å². The van der Waals surface area contributed by atoms with Crippen LogP contribution in [0.3, 0.4) is 0 Å². The summed E-state index contributed by atoms with van der Waals surface area (Å²) < 4.78 is 5.25.